The highest BCUT2D eigenvalue weighted by Crippen LogP contribution is 2.47. The van der Waals surface area contributed by atoms with Gasteiger partial charge in [0.25, 0.3) is 0 Å². The van der Waals surface area contributed by atoms with E-state index in [9.17, 15) is 0 Å². The van der Waals surface area contributed by atoms with Gasteiger partial charge in [-0.2, -0.15) is 0 Å². The van der Waals surface area contributed by atoms with E-state index in [0.29, 0.717) is 16.7 Å². The number of ether oxygens (including phenoxy) is 1. The normalized spacial score (nSPS) is 11.9. The van der Waals surface area contributed by atoms with Crippen molar-refractivity contribution in [3.63, 3.8) is 0 Å². The van der Waals surface area contributed by atoms with Crippen LogP contribution in [-0.2, 0) is 12.5 Å². The Morgan fingerprint density at radius 3 is 2.27 bits per heavy atom. The second kappa shape index (κ2) is 7.73. The molecule has 0 bridgehead atoms. The molecule has 0 saturated heterocycles. The summed E-state index contributed by atoms with van der Waals surface area (Å²) in [7, 11) is 3.67. The van der Waals surface area contributed by atoms with Crippen molar-refractivity contribution in [1.82, 2.24) is 0 Å². The molecule has 0 amide bonds. The van der Waals surface area contributed by atoms with Crippen LogP contribution in [0.2, 0.25) is 0 Å². The minimum absolute atomic E-state index is 0.180. The number of pyridine rings is 1. The maximum absolute atomic E-state index is 15.2. The van der Waals surface area contributed by atoms with E-state index in [-0.39, 0.29) is 11.2 Å². The fourth-order valence-corrected chi connectivity index (χ4v) is 4.62. The van der Waals surface area contributed by atoms with Crippen molar-refractivity contribution in [1.29, 1.82) is 0 Å². The summed E-state index contributed by atoms with van der Waals surface area (Å²) in [6.45, 7) is 6.51. The van der Waals surface area contributed by atoms with E-state index in [0.717, 1.165) is 38.9 Å². The number of aromatic nitrogens is 1. The van der Waals surface area contributed by atoms with Crippen LogP contribution in [0.25, 0.3) is 44.3 Å². The predicted molar refractivity (Wildman–Crippen MR) is 131 cm³/mol. The van der Waals surface area contributed by atoms with Gasteiger partial charge in [0, 0.05) is 22.9 Å². The van der Waals surface area contributed by atoms with Crippen LogP contribution in [0.5, 0.6) is 5.75 Å². The average molecular weight is 441 g/mol. The van der Waals surface area contributed by atoms with Gasteiger partial charge in [-0.15, -0.1) is 0 Å². The van der Waals surface area contributed by atoms with E-state index in [1.807, 2.05) is 72.4 Å². The van der Waals surface area contributed by atoms with Crippen LogP contribution in [0.3, 0.4) is 0 Å². The second-order valence-electron chi connectivity index (χ2n) is 9.42. The van der Waals surface area contributed by atoms with Crippen LogP contribution in [0.15, 0.2) is 77.3 Å². The van der Waals surface area contributed by atoms with Crippen LogP contribution < -0.4 is 9.30 Å². The van der Waals surface area contributed by atoms with Gasteiger partial charge in [0.05, 0.1) is 12.7 Å². The Bertz CT molecular complexity index is 1490. The lowest BCUT2D eigenvalue weighted by molar-refractivity contribution is -0.660. The summed E-state index contributed by atoms with van der Waals surface area (Å²) >= 11 is 0. The van der Waals surface area contributed by atoms with Crippen molar-refractivity contribution in [3.05, 3.63) is 84.3 Å². The molecule has 0 N–H and O–H groups in total. The molecule has 0 aliphatic carbocycles. The highest BCUT2D eigenvalue weighted by molar-refractivity contribution is 6.15. The molecule has 0 aliphatic heterocycles. The maximum atomic E-state index is 15.2. The van der Waals surface area contributed by atoms with Crippen molar-refractivity contribution in [3.8, 4) is 28.1 Å². The topological polar surface area (TPSA) is 26.2 Å². The van der Waals surface area contributed by atoms with Gasteiger partial charge in [0.15, 0.2) is 11.8 Å². The van der Waals surface area contributed by atoms with E-state index in [4.69, 9.17) is 9.15 Å². The van der Waals surface area contributed by atoms with Gasteiger partial charge < -0.3 is 9.15 Å². The number of hydrogen-bond donors (Lipinski definition) is 0. The summed E-state index contributed by atoms with van der Waals surface area (Å²) in [5.41, 5.74) is 5.26. The van der Waals surface area contributed by atoms with Crippen LogP contribution in [0.1, 0.15) is 26.3 Å². The SMILES string of the molecule is COc1cc(C(C)(C)C)c2c(oc3c(-c4ccccc4)c(F)ccc32)c1-c1cccc[n+]1C. The Hall–Kier alpha value is -3.66. The first-order chi connectivity index (χ1) is 15.8. The summed E-state index contributed by atoms with van der Waals surface area (Å²) in [5.74, 6) is 0.430. The monoisotopic (exact) mass is 440 g/mol. The predicted octanol–water partition coefficient (Wildman–Crippen LogP) is 7.19. The lowest BCUT2D eigenvalue weighted by Crippen LogP contribution is -2.30. The zero-order valence-corrected chi connectivity index (χ0v) is 19.6. The smallest absolute Gasteiger partial charge is 0.219 e. The van der Waals surface area contributed by atoms with E-state index in [2.05, 4.69) is 26.8 Å². The Labute approximate surface area is 193 Å². The van der Waals surface area contributed by atoms with Gasteiger partial charge in [-0.25, -0.2) is 8.96 Å². The Morgan fingerprint density at radius 1 is 0.879 bits per heavy atom. The molecule has 3 aromatic carbocycles. The van der Waals surface area contributed by atoms with Gasteiger partial charge in [-0.3, -0.25) is 0 Å². The molecule has 2 heterocycles. The Morgan fingerprint density at radius 2 is 1.61 bits per heavy atom. The standard InChI is InChI=1S/C29H27FNO2/c1-29(2,3)20-17-23(32-5)26(22-13-9-10-16-31(22)4)28-25(20)19-14-15-21(30)24(27(19)33-28)18-11-7-6-8-12-18/h6-17H,1-5H3/q+1. The van der Waals surface area contributed by atoms with Crippen LogP contribution in [0.4, 0.5) is 4.39 Å². The number of nitrogens with zero attached hydrogens (tertiary/aromatic N) is 1. The summed E-state index contributed by atoms with van der Waals surface area (Å²) in [5, 5.41) is 1.90. The molecule has 0 fully saturated rings. The minimum Gasteiger partial charge on any atom is -0.496 e. The number of halogens is 1. The molecule has 4 heteroatoms. The molecule has 0 spiro atoms. The molecule has 0 aliphatic rings. The van der Waals surface area contributed by atoms with E-state index in [1.54, 1.807) is 13.2 Å². The molecule has 3 nitrogen and oxygen atoms in total. The molecule has 33 heavy (non-hydrogen) atoms. The molecule has 5 aromatic rings. The van der Waals surface area contributed by atoms with E-state index in [1.165, 1.54) is 0 Å². The number of benzene rings is 3. The fraction of sp³-hybridized carbons (Fsp3) is 0.207. The highest BCUT2D eigenvalue weighted by Gasteiger charge is 2.30. The van der Waals surface area contributed by atoms with Gasteiger partial charge in [-0.1, -0.05) is 51.1 Å². The number of fused-ring (bicyclic) bond motifs is 3. The first-order valence-electron chi connectivity index (χ1n) is 11.1. The zero-order chi connectivity index (χ0) is 23.3. The molecule has 0 unspecified atom stereocenters. The quantitative estimate of drug-likeness (QED) is 0.278. The van der Waals surface area contributed by atoms with Crippen molar-refractivity contribution < 1.29 is 18.1 Å². The number of aryl methyl sites for hydroxylation is 1. The lowest BCUT2D eigenvalue weighted by atomic mass is 9.82. The summed E-state index contributed by atoms with van der Waals surface area (Å²) in [6.07, 6.45) is 2.00. The van der Waals surface area contributed by atoms with Crippen molar-refractivity contribution in [2.75, 3.05) is 7.11 Å². The molecular weight excluding hydrogens is 413 g/mol. The van der Waals surface area contributed by atoms with Crippen LogP contribution >= 0.6 is 0 Å². The maximum Gasteiger partial charge on any atom is 0.219 e. The Balaban J connectivity index is 2.02. The second-order valence-corrected chi connectivity index (χ2v) is 9.42. The Kier molecular flexibility index (Phi) is 4.97. The molecule has 0 atom stereocenters. The first kappa shape index (κ1) is 21.2. The summed E-state index contributed by atoms with van der Waals surface area (Å²) in [4.78, 5) is 0. The van der Waals surface area contributed by atoms with Crippen molar-refractivity contribution in [2.45, 2.75) is 26.2 Å². The molecule has 0 saturated carbocycles. The third kappa shape index (κ3) is 3.37. The van der Waals surface area contributed by atoms with Gasteiger partial charge in [-0.05, 0) is 40.8 Å². The average Bonchev–Trinajstić information content (AvgIpc) is 3.17. The molecule has 2 aromatic heterocycles. The highest BCUT2D eigenvalue weighted by atomic mass is 19.1. The molecular formula is C29H27FNO2+. The first-order valence-corrected chi connectivity index (χ1v) is 11.1. The fourth-order valence-electron chi connectivity index (χ4n) is 4.62. The van der Waals surface area contributed by atoms with Crippen LogP contribution in [0, 0.1) is 5.82 Å². The van der Waals surface area contributed by atoms with E-state index >= 15 is 4.39 Å². The third-order valence-corrected chi connectivity index (χ3v) is 6.23. The zero-order valence-electron chi connectivity index (χ0n) is 19.6. The summed E-state index contributed by atoms with van der Waals surface area (Å²) in [6, 6.07) is 21.1. The van der Waals surface area contributed by atoms with Crippen LogP contribution in [-0.4, -0.2) is 7.11 Å². The van der Waals surface area contributed by atoms with E-state index < -0.39 is 0 Å². The molecule has 5 rings (SSSR count). The lowest BCUT2D eigenvalue weighted by Gasteiger charge is -2.22. The summed E-state index contributed by atoms with van der Waals surface area (Å²) < 4.78 is 29.7. The van der Waals surface area contributed by atoms with Crippen molar-refractivity contribution in [2.24, 2.45) is 7.05 Å². The number of hydrogen-bond acceptors (Lipinski definition) is 2. The van der Waals surface area contributed by atoms with Gasteiger partial charge in [0.2, 0.25) is 5.69 Å². The molecule has 166 valence electrons. The number of furan rings is 1. The minimum atomic E-state index is -0.302. The van der Waals surface area contributed by atoms with Gasteiger partial charge >= 0.3 is 0 Å². The van der Waals surface area contributed by atoms with Gasteiger partial charge in [0.1, 0.15) is 29.8 Å². The molecule has 0 radical (unpaired) electrons. The number of methoxy groups -OCH3 is 1. The third-order valence-electron chi connectivity index (χ3n) is 6.23. The number of rotatable bonds is 3. The largest absolute Gasteiger partial charge is 0.496 e. The van der Waals surface area contributed by atoms with Crippen molar-refractivity contribution >= 4 is 21.9 Å².